The Morgan fingerprint density at radius 2 is 2.00 bits per heavy atom. The monoisotopic (exact) mass is 391 g/mol. The van der Waals surface area contributed by atoms with Crippen molar-refractivity contribution in [3.05, 3.63) is 12.8 Å². The predicted molar refractivity (Wildman–Crippen MR) is 63.4 cm³/mol. The lowest BCUT2D eigenvalue weighted by Gasteiger charge is -2.11. The zero-order valence-electron chi connectivity index (χ0n) is 7.06. The fourth-order valence-corrected chi connectivity index (χ4v) is 0.951. The van der Waals surface area contributed by atoms with Crippen LogP contribution in [0.5, 0.6) is 0 Å². The van der Waals surface area contributed by atoms with Crippen LogP contribution in [0.1, 0.15) is 6.42 Å². The average molecular weight is 394 g/mol. The molecule has 7 heteroatoms. The fraction of sp³-hybridized carbons (Fsp3) is 0.429. The van der Waals surface area contributed by atoms with Crippen molar-refractivity contribution in [1.29, 1.82) is 0 Å². The van der Waals surface area contributed by atoms with Crippen LogP contribution >= 0.6 is 47.8 Å². The van der Waals surface area contributed by atoms with E-state index in [-0.39, 0.29) is 18.9 Å². The van der Waals surface area contributed by atoms with Gasteiger partial charge in [-0.15, -0.1) is 0 Å². The molecule has 0 saturated heterocycles. The molecule has 0 aromatic carbocycles. The smallest absolute Gasteiger partial charge is 0.312 e. The first-order chi connectivity index (χ1) is 6.38. The third-order valence-corrected chi connectivity index (χ3v) is 2.17. The maximum Gasteiger partial charge on any atom is 0.312 e. The summed E-state index contributed by atoms with van der Waals surface area (Å²) < 4.78 is 3.46. The maximum absolute atomic E-state index is 11.2. The van der Waals surface area contributed by atoms with Crippen LogP contribution < -0.4 is 5.32 Å². The lowest BCUT2D eigenvalue weighted by Crippen LogP contribution is -2.34. The third-order valence-electron chi connectivity index (χ3n) is 1.09. The Bertz CT molecular complexity index is 237. The minimum absolute atomic E-state index is 0.0981. The minimum Gasteiger partial charge on any atom is -0.435 e. The van der Waals surface area contributed by atoms with Gasteiger partial charge in [0.25, 0.3) is 5.91 Å². The SMILES string of the molecule is C=COC(=O)CCNC(=O)C(Br)(Br)Br. The molecular weight excluding hydrogens is 386 g/mol. The number of amides is 1. The second-order valence-corrected chi connectivity index (χ2v) is 8.92. The molecule has 0 fully saturated rings. The Morgan fingerprint density at radius 1 is 1.43 bits per heavy atom. The number of halogens is 3. The van der Waals surface area contributed by atoms with Gasteiger partial charge in [-0.25, -0.2) is 0 Å². The van der Waals surface area contributed by atoms with Crippen LogP contribution in [0.2, 0.25) is 0 Å². The number of hydrogen-bond acceptors (Lipinski definition) is 3. The zero-order valence-corrected chi connectivity index (χ0v) is 11.8. The average Bonchev–Trinajstić information content (AvgIpc) is 2.02. The van der Waals surface area contributed by atoms with Gasteiger partial charge in [0.15, 0.2) is 0 Å². The number of carbonyl (C=O) groups is 2. The molecule has 0 unspecified atom stereocenters. The molecule has 0 aliphatic carbocycles. The molecular formula is C7H8Br3NO3. The summed E-state index contributed by atoms with van der Waals surface area (Å²) >= 11 is 9.09. The Kier molecular flexibility index (Phi) is 6.63. The molecule has 0 aromatic heterocycles. The molecule has 14 heavy (non-hydrogen) atoms. The minimum atomic E-state index is -0.991. The van der Waals surface area contributed by atoms with Crippen molar-refractivity contribution in [1.82, 2.24) is 5.32 Å². The summed E-state index contributed by atoms with van der Waals surface area (Å²) in [7, 11) is 0. The summed E-state index contributed by atoms with van der Waals surface area (Å²) in [6.45, 7) is 3.43. The van der Waals surface area contributed by atoms with Crippen LogP contribution in [0.25, 0.3) is 0 Å². The molecule has 0 radical (unpaired) electrons. The van der Waals surface area contributed by atoms with Crippen molar-refractivity contribution in [3.8, 4) is 0 Å². The van der Waals surface area contributed by atoms with E-state index >= 15 is 0 Å². The molecule has 0 aliphatic rings. The van der Waals surface area contributed by atoms with Gasteiger partial charge < -0.3 is 10.1 Å². The standard InChI is InChI=1S/C7H8Br3NO3/c1-2-14-5(12)3-4-11-6(13)7(8,9)10/h2H,1,3-4H2,(H,11,13). The van der Waals surface area contributed by atoms with E-state index in [9.17, 15) is 9.59 Å². The van der Waals surface area contributed by atoms with Gasteiger partial charge in [0.1, 0.15) is 0 Å². The summed E-state index contributed by atoms with van der Waals surface area (Å²) in [6, 6.07) is 0. The van der Waals surface area contributed by atoms with E-state index in [1.54, 1.807) is 0 Å². The van der Waals surface area contributed by atoms with Crippen molar-refractivity contribution in [2.24, 2.45) is 0 Å². The first-order valence-electron chi connectivity index (χ1n) is 3.53. The lowest BCUT2D eigenvalue weighted by atomic mass is 10.4. The highest BCUT2D eigenvalue weighted by Crippen LogP contribution is 2.33. The van der Waals surface area contributed by atoms with E-state index in [0.717, 1.165) is 6.26 Å². The number of hydrogen-bond donors (Lipinski definition) is 1. The highest BCUT2D eigenvalue weighted by Gasteiger charge is 2.27. The Balaban J connectivity index is 3.70. The van der Waals surface area contributed by atoms with Gasteiger partial charge in [-0.05, 0) is 47.8 Å². The van der Waals surface area contributed by atoms with Gasteiger partial charge >= 0.3 is 5.97 Å². The molecule has 80 valence electrons. The van der Waals surface area contributed by atoms with E-state index in [2.05, 4.69) is 64.4 Å². The quantitative estimate of drug-likeness (QED) is 0.451. The first kappa shape index (κ1) is 14.1. The lowest BCUT2D eigenvalue weighted by molar-refractivity contribution is -0.137. The summed E-state index contributed by atoms with van der Waals surface area (Å²) in [5.74, 6) is -0.770. The van der Waals surface area contributed by atoms with Gasteiger partial charge in [-0.2, -0.15) is 0 Å². The summed E-state index contributed by atoms with van der Waals surface area (Å²) in [5, 5.41) is 2.50. The number of ether oxygens (including phenoxy) is 1. The molecule has 0 heterocycles. The molecule has 0 aromatic rings. The van der Waals surface area contributed by atoms with Crippen LogP contribution in [0.4, 0.5) is 0 Å². The number of carbonyl (C=O) groups excluding carboxylic acids is 2. The summed E-state index contributed by atoms with van der Waals surface area (Å²) in [6.07, 6.45) is 1.15. The summed E-state index contributed by atoms with van der Waals surface area (Å²) in [4.78, 5) is 22.0. The van der Waals surface area contributed by atoms with Crippen molar-refractivity contribution in [3.63, 3.8) is 0 Å². The Morgan fingerprint density at radius 3 is 2.43 bits per heavy atom. The van der Waals surface area contributed by atoms with Gasteiger partial charge in [0, 0.05) is 6.54 Å². The topological polar surface area (TPSA) is 55.4 Å². The van der Waals surface area contributed by atoms with Crippen LogP contribution in [-0.4, -0.2) is 20.6 Å². The van der Waals surface area contributed by atoms with Crippen molar-refractivity contribution < 1.29 is 14.3 Å². The molecule has 1 amide bonds. The summed E-state index contributed by atoms with van der Waals surface area (Å²) in [5.41, 5.74) is 0. The van der Waals surface area contributed by atoms with E-state index < -0.39 is 8.11 Å². The highest BCUT2D eigenvalue weighted by molar-refractivity contribution is 9.40. The van der Waals surface area contributed by atoms with E-state index in [1.807, 2.05) is 0 Å². The zero-order chi connectivity index (χ0) is 11.2. The second kappa shape index (κ2) is 6.58. The van der Waals surface area contributed by atoms with Crippen molar-refractivity contribution in [2.75, 3.05) is 6.54 Å². The van der Waals surface area contributed by atoms with E-state index in [0.29, 0.717) is 0 Å². The van der Waals surface area contributed by atoms with Crippen LogP contribution in [0, 0.1) is 0 Å². The molecule has 0 rings (SSSR count). The van der Waals surface area contributed by atoms with Gasteiger partial charge in [-0.1, -0.05) is 6.58 Å². The van der Waals surface area contributed by atoms with Crippen LogP contribution in [0.3, 0.4) is 0 Å². The molecule has 4 nitrogen and oxygen atoms in total. The number of esters is 1. The third kappa shape index (κ3) is 6.56. The number of alkyl halides is 3. The van der Waals surface area contributed by atoms with Crippen LogP contribution in [-0.2, 0) is 14.3 Å². The van der Waals surface area contributed by atoms with E-state index in [4.69, 9.17) is 0 Å². The number of rotatable bonds is 4. The molecule has 0 aliphatic heterocycles. The highest BCUT2D eigenvalue weighted by atomic mass is 80.0. The maximum atomic E-state index is 11.2. The van der Waals surface area contributed by atoms with E-state index in [1.165, 1.54) is 0 Å². The van der Waals surface area contributed by atoms with Crippen molar-refractivity contribution >= 4 is 59.7 Å². The normalized spacial score (nSPS) is 10.5. The molecule has 0 bridgehead atoms. The molecule has 0 atom stereocenters. The molecule has 0 spiro atoms. The Hall–Kier alpha value is 0.120. The fourth-order valence-electron chi connectivity index (χ4n) is 0.530. The predicted octanol–water partition coefficient (Wildman–Crippen LogP) is 2.02. The van der Waals surface area contributed by atoms with Crippen molar-refractivity contribution in [2.45, 2.75) is 8.56 Å². The first-order valence-corrected chi connectivity index (χ1v) is 5.91. The second-order valence-electron chi connectivity index (χ2n) is 2.16. The number of nitrogens with one attached hydrogen (secondary N) is 1. The molecule has 0 saturated carbocycles. The molecule has 1 N–H and O–H groups in total. The van der Waals surface area contributed by atoms with Gasteiger partial charge in [-0.3, -0.25) is 9.59 Å². The largest absolute Gasteiger partial charge is 0.435 e. The van der Waals surface area contributed by atoms with Gasteiger partial charge in [0.2, 0.25) is 2.14 Å². The van der Waals surface area contributed by atoms with Crippen LogP contribution in [0.15, 0.2) is 12.8 Å². The van der Waals surface area contributed by atoms with Gasteiger partial charge in [0.05, 0.1) is 12.7 Å². The Labute approximate surface area is 107 Å².